The van der Waals surface area contributed by atoms with Crippen LogP contribution in [0.25, 0.3) is 0 Å². The van der Waals surface area contributed by atoms with Crippen molar-refractivity contribution in [3.05, 3.63) is 63.9 Å². The van der Waals surface area contributed by atoms with Crippen molar-refractivity contribution in [2.75, 3.05) is 11.9 Å². The maximum absolute atomic E-state index is 13.4. The van der Waals surface area contributed by atoms with E-state index in [1.807, 2.05) is 0 Å². The van der Waals surface area contributed by atoms with Gasteiger partial charge in [0.15, 0.2) is 0 Å². The van der Waals surface area contributed by atoms with E-state index in [1.165, 1.54) is 23.3 Å². The van der Waals surface area contributed by atoms with Crippen LogP contribution < -0.4 is 10.6 Å². The van der Waals surface area contributed by atoms with Gasteiger partial charge < -0.3 is 10.6 Å². The van der Waals surface area contributed by atoms with Gasteiger partial charge in [-0.1, -0.05) is 24.3 Å². The van der Waals surface area contributed by atoms with Gasteiger partial charge >= 0.3 is 0 Å². The summed E-state index contributed by atoms with van der Waals surface area (Å²) in [6.45, 7) is 1.83. The number of halogens is 2. The second-order valence-electron chi connectivity index (χ2n) is 4.99. The minimum Gasteiger partial charge on any atom is -0.377 e. The van der Waals surface area contributed by atoms with Crippen molar-refractivity contribution in [1.29, 1.82) is 0 Å². The first-order chi connectivity index (χ1) is 9.74. The van der Waals surface area contributed by atoms with Crippen LogP contribution in [0.15, 0.2) is 46.9 Å². The number of fused-ring (bicyclic) bond motifs is 1. The molecule has 2 aromatic rings. The smallest absolute Gasteiger partial charge is 0.125 e. The minimum absolute atomic E-state index is 0.194. The quantitative estimate of drug-likeness (QED) is 0.858. The molecule has 1 heterocycles. The molecule has 0 fully saturated rings. The van der Waals surface area contributed by atoms with Crippen LogP contribution in [0.3, 0.4) is 0 Å². The van der Waals surface area contributed by atoms with Crippen molar-refractivity contribution < 1.29 is 4.39 Å². The lowest BCUT2D eigenvalue weighted by Crippen LogP contribution is -2.15. The molecular weight excluding hydrogens is 319 g/mol. The molecule has 4 heteroatoms. The second-order valence-corrected chi connectivity index (χ2v) is 5.84. The topological polar surface area (TPSA) is 24.1 Å². The Balaban J connectivity index is 1.92. The molecule has 1 aliphatic rings. The fraction of sp³-hybridized carbons (Fsp3) is 0.250. The normalized spacial score (nSPS) is 18.2. The average molecular weight is 335 g/mol. The summed E-state index contributed by atoms with van der Waals surface area (Å²) >= 11 is 3.47. The first kappa shape index (κ1) is 13.6. The van der Waals surface area contributed by atoms with Crippen molar-refractivity contribution in [2.24, 2.45) is 0 Å². The van der Waals surface area contributed by atoms with Gasteiger partial charge in [-0.15, -0.1) is 0 Å². The predicted molar refractivity (Wildman–Crippen MR) is 83.2 cm³/mol. The molecule has 20 heavy (non-hydrogen) atoms. The Kier molecular flexibility index (Phi) is 4.03. The van der Waals surface area contributed by atoms with Crippen LogP contribution in [0.1, 0.15) is 23.6 Å². The molecule has 0 aliphatic carbocycles. The highest BCUT2D eigenvalue weighted by Crippen LogP contribution is 2.31. The molecule has 0 spiro atoms. The molecular formula is C16H16BrFN2. The number of benzene rings is 2. The molecule has 0 amide bonds. The van der Waals surface area contributed by atoms with Gasteiger partial charge in [-0.25, -0.2) is 4.39 Å². The van der Waals surface area contributed by atoms with E-state index in [4.69, 9.17) is 0 Å². The number of hydrogen-bond donors (Lipinski definition) is 2. The third-order valence-electron chi connectivity index (χ3n) is 3.61. The molecule has 1 atom stereocenters. The summed E-state index contributed by atoms with van der Waals surface area (Å²) < 4.78 is 14.3. The van der Waals surface area contributed by atoms with Crippen LogP contribution in [-0.4, -0.2) is 6.54 Å². The van der Waals surface area contributed by atoms with Gasteiger partial charge in [-0.05, 0) is 58.2 Å². The minimum atomic E-state index is -0.226. The zero-order valence-corrected chi connectivity index (χ0v) is 12.6. The van der Waals surface area contributed by atoms with E-state index in [0.717, 1.165) is 29.7 Å². The van der Waals surface area contributed by atoms with Gasteiger partial charge in [0.2, 0.25) is 0 Å². The number of nitrogens with one attached hydrogen (secondary N) is 2. The standard InChI is InChI=1S/C16H16BrFN2/c17-14-6-5-12(18)9-16(14)20-15-7-8-19-10-11-3-1-2-4-13(11)15/h1-6,9,15,19-20H,7-8,10H2. The van der Waals surface area contributed by atoms with Gasteiger partial charge in [-0.3, -0.25) is 0 Å². The Bertz CT molecular complexity index is 615. The van der Waals surface area contributed by atoms with Gasteiger partial charge in [0, 0.05) is 11.0 Å². The highest BCUT2D eigenvalue weighted by atomic mass is 79.9. The highest BCUT2D eigenvalue weighted by molar-refractivity contribution is 9.10. The van der Waals surface area contributed by atoms with E-state index < -0.39 is 0 Å². The first-order valence-electron chi connectivity index (χ1n) is 6.74. The number of hydrogen-bond acceptors (Lipinski definition) is 2. The SMILES string of the molecule is Fc1ccc(Br)c(NC2CCNCc3ccccc32)c1. The van der Waals surface area contributed by atoms with Gasteiger partial charge in [0.05, 0.1) is 11.7 Å². The third-order valence-corrected chi connectivity index (χ3v) is 4.31. The predicted octanol–water partition coefficient (Wildman–Crippen LogP) is 4.23. The summed E-state index contributed by atoms with van der Waals surface area (Å²) in [7, 11) is 0. The van der Waals surface area contributed by atoms with Crippen molar-refractivity contribution in [3.8, 4) is 0 Å². The van der Waals surface area contributed by atoms with Crippen LogP contribution in [-0.2, 0) is 6.54 Å². The fourth-order valence-corrected chi connectivity index (χ4v) is 2.97. The Labute approximate surface area is 126 Å². The molecule has 104 valence electrons. The lowest BCUT2D eigenvalue weighted by atomic mass is 9.99. The molecule has 1 unspecified atom stereocenters. The molecule has 0 saturated heterocycles. The van der Waals surface area contributed by atoms with Crippen LogP contribution in [0.2, 0.25) is 0 Å². The number of anilines is 1. The van der Waals surface area contributed by atoms with Crippen LogP contribution >= 0.6 is 15.9 Å². The molecule has 2 nitrogen and oxygen atoms in total. The zero-order valence-electron chi connectivity index (χ0n) is 11.0. The molecule has 0 saturated carbocycles. The van der Waals surface area contributed by atoms with Crippen molar-refractivity contribution >= 4 is 21.6 Å². The molecule has 0 aromatic heterocycles. The lowest BCUT2D eigenvalue weighted by Gasteiger charge is -2.21. The molecule has 3 rings (SSSR count). The highest BCUT2D eigenvalue weighted by Gasteiger charge is 2.18. The fourth-order valence-electron chi connectivity index (χ4n) is 2.61. The largest absolute Gasteiger partial charge is 0.377 e. The Hall–Kier alpha value is -1.39. The summed E-state index contributed by atoms with van der Waals surface area (Å²) in [4.78, 5) is 0. The van der Waals surface area contributed by atoms with Crippen molar-refractivity contribution in [1.82, 2.24) is 5.32 Å². The summed E-state index contributed by atoms with van der Waals surface area (Å²) in [5, 5.41) is 6.88. The second kappa shape index (κ2) is 5.94. The molecule has 2 aromatic carbocycles. The molecule has 1 aliphatic heterocycles. The third kappa shape index (κ3) is 2.86. The van der Waals surface area contributed by atoms with E-state index >= 15 is 0 Å². The van der Waals surface area contributed by atoms with E-state index in [9.17, 15) is 4.39 Å². The monoisotopic (exact) mass is 334 g/mol. The number of rotatable bonds is 2. The Morgan fingerprint density at radius 2 is 2.05 bits per heavy atom. The maximum Gasteiger partial charge on any atom is 0.125 e. The maximum atomic E-state index is 13.4. The molecule has 2 N–H and O–H groups in total. The first-order valence-corrected chi connectivity index (χ1v) is 7.53. The van der Waals surface area contributed by atoms with E-state index in [-0.39, 0.29) is 11.9 Å². The van der Waals surface area contributed by atoms with Crippen LogP contribution in [0.4, 0.5) is 10.1 Å². The molecule has 0 radical (unpaired) electrons. The average Bonchev–Trinajstić information content (AvgIpc) is 2.66. The van der Waals surface area contributed by atoms with Crippen molar-refractivity contribution in [3.63, 3.8) is 0 Å². The lowest BCUT2D eigenvalue weighted by molar-refractivity contribution is 0.623. The Morgan fingerprint density at radius 1 is 1.20 bits per heavy atom. The zero-order chi connectivity index (χ0) is 13.9. The van der Waals surface area contributed by atoms with E-state index in [0.29, 0.717) is 0 Å². The summed E-state index contributed by atoms with van der Waals surface area (Å²) in [6.07, 6.45) is 0.972. The summed E-state index contributed by atoms with van der Waals surface area (Å²) in [6, 6.07) is 13.3. The molecule has 0 bridgehead atoms. The van der Waals surface area contributed by atoms with E-state index in [2.05, 4.69) is 50.8 Å². The summed E-state index contributed by atoms with van der Waals surface area (Å²) in [5.41, 5.74) is 3.38. The van der Waals surface area contributed by atoms with Crippen LogP contribution in [0.5, 0.6) is 0 Å². The summed E-state index contributed by atoms with van der Waals surface area (Å²) in [5.74, 6) is -0.226. The van der Waals surface area contributed by atoms with E-state index in [1.54, 1.807) is 6.07 Å². The van der Waals surface area contributed by atoms with Gasteiger partial charge in [0.25, 0.3) is 0 Å². The van der Waals surface area contributed by atoms with Crippen LogP contribution in [0, 0.1) is 5.82 Å². The van der Waals surface area contributed by atoms with Gasteiger partial charge in [0.1, 0.15) is 5.82 Å². The van der Waals surface area contributed by atoms with Crippen molar-refractivity contribution in [2.45, 2.75) is 19.0 Å². The van der Waals surface area contributed by atoms with Gasteiger partial charge in [-0.2, -0.15) is 0 Å². The Morgan fingerprint density at radius 3 is 2.95 bits per heavy atom.